The molecule has 18 heavy (non-hydrogen) atoms. The molecular formula is C14H16FN3. The Morgan fingerprint density at radius 2 is 2.22 bits per heavy atom. The number of hydrogen-bond donors (Lipinski definition) is 1. The van der Waals surface area contributed by atoms with Crippen molar-refractivity contribution < 1.29 is 4.39 Å². The third-order valence-electron chi connectivity index (χ3n) is 4.01. The van der Waals surface area contributed by atoms with E-state index in [1.54, 1.807) is 30.6 Å². The molecule has 0 aliphatic heterocycles. The van der Waals surface area contributed by atoms with Gasteiger partial charge in [0, 0.05) is 24.4 Å². The molecule has 1 aromatic carbocycles. The summed E-state index contributed by atoms with van der Waals surface area (Å²) in [4.78, 5) is 0. The van der Waals surface area contributed by atoms with Crippen molar-refractivity contribution in [1.82, 2.24) is 9.78 Å². The van der Waals surface area contributed by atoms with E-state index in [0.717, 1.165) is 18.4 Å². The minimum absolute atomic E-state index is 0.00346. The molecule has 3 rings (SSSR count). The highest BCUT2D eigenvalue weighted by molar-refractivity contribution is 5.39. The molecule has 1 fully saturated rings. The van der Waals surface area contributed by atoms with E-state index in [0.29, 0.717) is 12.2 Å². The number of nitrogens with zero attached hydrogens (tertiary/aromatic N) is 2. The average molecular weight is 245 g/mol. The lowest BCUT2D eigenvalue weighted by atomic mass is 9.64. The molecule has 0 bridgehead atoms. The largest absolute Gasteiger partial charge is 0.330 e. The smallest absolute Gasteiger partial charge is 0.149 e. The zero-order chi connectivity index (χ0) is 12.6. The molecule has 0 saturated heterocycles. The molecule has 1 saturated carbocycles. The van der Waals surface area contributed by atoms with Gasteiger partial charge in [0.15, 0.2) is 0 Å². The predicted octanol–water partition coefficient (Wildman–Crippen LogP) is 2.39. The summed E-state index contributed by atoms with van der Waals surface area (Å²) in [6, 6.07) is 7.16. The standard InChI is InChI=1S/C14H16FN3/c15-12-9-11(14(10-16)5-1-6-14)3-4-13(12)18-8-2-7-17-18/h2-4,7-9H,1,5-6,10,16H2. The van der Waals surface area contributed by atoms with E-state index in [9.17, 15) is 4.39 Å². The Kier molecular flexibility index (Phi) is 2.67. The lowest BCUT2D eigenvalue weighted by molar-refractivity contribution is 0.252. The van der Waals surface area contributed by atoms with Crippen LogP contribution in [0.25, 0.3) is 5.69 Å². The fraction of sp³-hybridized carbons (Fsp3) is 0.357. The summed E-state index contributed by atoms with van der Waals surface area (Å²) in [5, 5.41) is 4.05. The van der Waals surface area contributed by atoms with Crippen LogP contribution in [0.3, 0.4) is 0 Å². The van der Waals surface area contributed by atoms with Crippen LogP contribution in [0.15, 0.2) is 36.7 Å². The molecule has 0 atom stereocenters. The van der Waals surface area contributed by atoms with Gasteiger partial charge in [-0.1, -0.05) is 12.5 Å². The van der Waals surface area contributed by atoms with Crippen LogP contribution in [-0.4, -0.2) is 16.3 Å². The van der Waals surface area contributed by atoms with Crippen molar-refractivity contribution in [2.45, 2.75) is 24.7 Å². The van der Waals surface area contributed by atoms with Crippen molar-refractivity contribution in [3.05, 3.63) is 48.0 Å². The third-order valence-corrected chi connectivity index (χ3v) is 4.01. The van der Waals surface area contributed by atoms with Gasteiger partial charge in [-0.25, -0.2) is 9.07 Å². The second-order valence-corrected chi connectivity index (χ2v) is 4.95. The highest BCUT2D eigenvalue weighted by Gasteiger charge is 2.37. The molecule has 0 amide bonds. The summed E-state index contributed by atoms with van der Waals surface area (Å²) in [6.45, 7) is 0.591. The molecule has 2 aromatic rings. The van der Waals surface area contributed by atoms with Crippen molar-refractivity contribution in [2.75, 3.05) is 6.54 Å². The molecule has 3 nitrogen and oxygen atoms in total. The van der Waals surface area contributed by atoms with Crippen LogP contribution in [-0.2, 0) is 5.41 Å². The quantitative estimate of drug-likeness (QED) is 0.902. The monoisotopic (exact) mass is 245 g/mol. The van der Waals surface area contributed by atoms with Gasteiger partial charge < -0.3 is 5.73 Å². The van der Waals surface area contributed by atoms with Crippen molar-refractivity contribution in [1.29, 1.82) is 0 Å². The second kappa shape index (κ2) is 4.21. The molecule has 1 aromatic heterocycles. The number of nitrogens with two attached hydrogens (primary N) is 1. The van der Waals surface area contributed by atoms with E-state index in [1.807, 2.05) is 6.07 Å². The topological polar surface area (TPSA) is 43.8 Å². The number of rotatable bonds is 3. The molecule has 94 valence electrons. The Bertz CT molecular complexity index is 539. The minimum Gasteiger partial charge on any atom is -0.330 e. The Labute approximate surface area is 105 Å². The van der Waals surface area contributed by atoms with Gasteiger partial charge >= 0.3 is 0 Å². The highest BCUT2D eigenvalue weighted by atomic mass is 19.1. The molecule has 1 heterocycles. The summed E-state index contributed by atoms with van der Waals surface area (Å²) in [5.74, 6) is -0.240. The molecule has 0 unspecified atom stereocenters. The maximum atomic E-state index is 14.1. The summed E-state index contributed by atoms with van der Waals surface area (Å²) in [6.07, 6.45) is 6.68. The lowest BCUT2D eigenvalue weighted by Crippen LogP contribution is -2.41. The Hall–Kier alpha value is -1.68. The summed E-state index contributed by atoms with van der Waals surface area (Å²) in [7, 11) is 0. The lowest BCUT2D eigenvalue weighted by Gasteiger charge is -2.41. The Morgan fingerprint density at radius 3 is 2.72 bits per heavy atom. The molecule has 4 heteroatoms. The van der Waals surface area contributed by atoms with Gasteiger partial charge in [-0.05, 0) is 36.6 Å². The van der Waals surface area contributed by atoms with E-state index in [1.165, 1.54) is 11.1 Å². The third kappa shape index (κ3) is 1.64. The van der Waals surface area contributed by atoms with E-state index in [-0.39, 0.29) is 11.2 Å². The van der Waals surface area contributed by atoms with Gasteiger partial charge in [-0.2, -0.15) is 5.10 Å². The van der Waals surface area contributed by atoms with Crippen LogP contribution in [0.2, 0.25) is 0 Å². The minimum atomic E-state index is -0.240. The Morgan fingerprint density at radius 1 is 1.39 bits per heavy atom. The summed E-state index contributed by atoms with van der Waals surface area (Å²) >= 11 is 0. The number of hydrogen-bond acceptors (Lipinski definition) is 2. The normalized spacial score (nSPS) is 17.4. The maximum Gasteiger partial charge on any atom is 0.149 e. The van der Waals surface area contributed by atoms with E-state index < -0.39 is 0 Å². The molecule has 1 aliphatic rings. The van der Waals surface area contributed by atoms with Gasteiger partial charge in [0.25, 0.3) is 0 Å². The highest BCUT2D eigenvalue weighted by Crippen LogP contribution is 2.43. The second-order valence-electron chi connectivity index (χ2n) is 4.95. The van der Waals surface area contributed by atoms with Crippen LogP contribution < -0.4 is 5.73 Å². The fourth-order valence-corrected chi connectivity index (χ4v) is 2.65. The van der Waals surface area contributed by atoms with E-state index in [2.05, 4.69) is 5.10 Å². The van der Waals surface area contributed by atoms with Crippen LogP contribution in [0.4, 0.5) is 4.39 Å². The first-order chi connectivity index (χ1) is 8.75. The van der Waals surface area contributed by atoms with Crippen LogP contribution in [0.5, 0.6) is 0 Å². The van der Waals surface area contributed by atoms with Gasteiger partial charge in [-0.3, -0.25) is 0 Å². The number of benzene rings is 1. The molecular weight excluding hydrogens is 229 g/mol. The Balaban J connectivity index is 1.99. The first-order valence-electron chi connectivity index (χ1n) is 6.25. The SMILES string of the molecule is NCC1(c2ccc(-n3cccn3)c(F)c2)CCC1. The van der Waals surface area contributed by atoms with Gasteiger partial charge in [0.2, 0.25) is 0 Å². The van der Waals surface area contributed by atoms with Gasteiger partial charge in [0.05, 0.1) is 0 Å². The van der Waals surface area contributed by atoms with Crippen LogP contribution in [0.1, 0.15) is 24.8 Å². The molecule has 0 radical (unpaired) electrons. The van der Waals surface area contributed by atoms with E-state index in [4.69, 9.17) is 5.73 Å². The zero-order valence-corrected chi connectivity index (χ0v) is 10.1. The summed E-state index contributed by atoms with van der Waals surface area (Å²) in [5.41, 5.74) is 7.35. The van der Waals surface area contributed by atoms with Crippen molar-refractivity contribution in [3.63, 3.8) is 0 Å². The molecule has 2 N–H and O–H groups in total. The summed E-state index contributed by atoms with van der Waals surface area (Å²) < 4.78 is 15.7. The van der Waals surface area contributed by atoms with Gasteiger partial charge in [0.1, 0.15) is 11.5 Å². The average Bonchev–Trinajstić information content (AvgIpc) is 2.82. The first-order valence-corrected chi connectivity index (χ1v) is 6.25. The van der Waals surface area contributed by atoms with Crippen molar-refractivity contribution in [2.24, 2.45) is 5.73 Å². The van der Waals surface area contributed by atoms with Crippen LogP contribution >= 0.6 is 0 Å². The molecule has 0 spiro atoms. The number of halogens is 1. The maximum absolute atomic E-state index is 14.1. The fourth-order valence-electron chi connectivity index (χ4n) is 2.65. The van der Waals surface area contributed by atoms with E-state index >= 15 is 0 Å². The predicted molar refractivity (Wildman–Crippen MR) is 68.1 cm³/mol. The van der Waals surface area contributed by atoms with Crippen LogP contribution in [0, 0.1) is 5.82 Å². The zero-order valence-electron chi connectivity index (χ0n) is 10.1. The number of aromatic nitrogens is 2. The van der Waals surface area contributed by atoms with Crippen molar-refractivity contribution >= 4 is 0 Å². The molecule has 1 aliphatic carbocycles. The van der Waals surface area contributed by atoms with Gasteiger partial charge in [-0.15, -0.1) is 0 Å². The van der Waals surface area contributed by atoms with Crippen molar-refractivity contribution in [3.8, 4) is 5.69 Å². The first kappa shape index (κ1) is 11.4.